The van der Waals surface area contributed by atoms with E-state index in [0.717, 1.165) is 0 Å². The second-order valence-electron chi connectivity index (χ2n) is 2.97. The van der Waals surface area contributed by atoms with Crippen LogP contribution < -0.4 is 0 Å². The standard InChI is InChI=1S/C9H17F2N/c1-5-12(6-2)8(7(3)4)9(10)11/h7H,5-6H2,1-4H3. The van der Waals surface area contributed by atoms with E-state index in [2.05, 4.69) is 0 Å². The van der Waals surface area contributed by atoms with Crippen LogP contribution >= 0.6 is 0 Å². The minimum absolute atomic E-state index is 0.102. The molecule has 0 aliphatic heterocycles. The van der Waals surface area contributed by atoms with Gasteiger partial charge in [0.2, 0.25) is 0 Å². The molecule has 0 aromatic carbocycles. The fraction of sp³-hybridized carbons (Fsp3) is 0.778. The van der Waals surface area contributed by atoms with Crippen LogP contribution in [0.2, 0.25) is 0 Å². The molecule has 0 saturated heterocycles. The molecule has 0 saturated carbocycles. The molecule has 0 bridgehead atoms. The molecule has 0 heterocycles. The topological polar surface area (TPSA) is 3.24 Å². The number of halogens is 2. The number of rotatable bonds is 4. The molecule has 0 N–H and O–H groups in total. The maximum Gasteiger partial charge on any atom is 0.289 e. The highest BCUT2D eigenvalue weighted by molar-refractivity contribution is 5.04. The van der Waals surface area contributed by atoms with Gasteiger partial charge in [0.1, 0.15) is 0 Å². The molecule has 0 amide bonds. The molecule has 0 unspecified atom stereocenters. The molecular formula is C9H17F2N. The van der Waals surface area contributed by atoms with Gasteiger partial charge in [-0.1, -0.05) is 13.8 Å². The van der Waals surface area contributed by atoms with Crippen molar-refractivity contribution in [3.63, 3.8) is 0 Å². The first kappa shape index (κ1) is 11.4. The van der Waals surface area contributed by atoms with Crippen LogP contribution in [0.1, 0.15) is 27.7 Å². The molecule has 0 atom stereocenters. The Hall–Kier alpha value is -0.600. The second-order valence-corrected chi connectivity index (χ2v) is 2.97. The first-order valence-corrected chi connectivity index (χ1v) is 4.34. The summed E-state index contributed by atoms with van der Waals surface area (Å²) in [6.07, 6.45) is -1.55. The van der Waals surface area contributed by atoms with Crippen molar-refractivity contribution in [1.29, 1.82) is 0 Å². The summed E-state index contributed by atoms with van der Waals surface area (Å²) in [7, 11) is 0. The molecule has 0 spiro atoms. The van der Waals surface area contributed by atoms with Gasteiger partial charge in [0.05, 0.1) is 5.70 Å². The molecule has 12 heavy (non-hydrogen) atoms. The summed E-state index contributed by atoms with van der Waals surface area (Å²) in [6, 6.07) is 0. The Morgan fingerprint density at radius 2 is 1.58 bits per heavy atom. The summed E-state index contributed by atoms with van der Waals surface area (Å²) in [5.74, 6) is -0.102. The molecule has 0 aliphatic carbocycles. The van der Waals surface area contributed by atoms with E-state index >= 15 is 0 Å². The predicted molar refractivity (Wildman–Crippen MR) is 47.0 cm³/mol. The minimum atomic E-state index is -1.55. The maximum absolute atomic E-state index is 12.4. The predicted octanol–water partition coefficient (Wildman–Crippen LogP) is 3.09. The van der Waals surface area contributed by atoms with Gasteiger partial charge in [0, 0.05) is 13.1 Å². The number of hydrogen-bond donors (Lipinski definition) is 0. The van der Waals surface area contributed by atoms with Gasteiger partial charge in [-0.3, -0.25) is 0 Å². The lowest BCUT2D eigenvalue weighted by Gasteiger charge is -2.25. The van der Waals surface area contributed by atoms with Gasteiger partial charge in [-0.05, 0) is 19.8 Å². The van der Waals surface area contributed by atoms with E-state index < -0.39 is 6.08 Å². The van der Waals surface area contributed by atoms with Crippen LogP contribution in [-0.2, 0) is 0 Å². The third kappa shape index (κ3) is 2.80. The van der Waals surface area contributed by atoms with E-state index in [-0.39, 0.29) is 11.6 Å². The van der Waals surface area contributed by atoms with E-state index in [1.807, 2.05) is 13.8 Å². The van der Waals surface area contributed by atoms with E-state index in [4.69, 9.17) is 0 Å². The molecule has 0 radical (unpaired) electrons. The van der Waals surface area contributed by atoms with Crippen LogP contribution in [0, 0.1) is 5.92 Å². The molecular weight excluding hydrogens is 160 g/mol. The summed E-state index contributed by atoms with van der Waals surface area (Å²) in [4.78, 5) is 1.69. The van der Waals surface area contributed by atoms with Crippen LogP contribution in [0.15, 0.2) is 11.8 Å². The van der Waals surface area contributed by atoms with E-state index in [0.29, 0.717) is 13.1 Å². The smallest absolute Gasteiger partial charge is 0.289 e. The van der Waals surface area contributed by atoms with Gasteiger partial charge < -0.3 is 4.90 Å². The Morgan fingerprint density at radius 3 is 1.67 bits per heavy atom. The molecule has 0 aliphatic rings. The summed E-state index contributed by atoms with van der Waals surface area (Å²) in [5.41, 5.74) is 0.181. The van der Waals surface area contributed by atoms with Crippen molar-refractivity contribution in [1.82, 2.24) is 4.90 Å². The van der Waals surface area contributed by atoms with E-state index in [1.54, 1.807) is 18.7 Å². The van der Waals surface area contributed by atoms with Gasteiger partial charge in [-0.15, -0.1) is 0 Å². The molecule has 72 valence electrons. The minimum Gasteiger partial charge on any atom is -0.371 e. The van der Waals surface area contributed by atoms with E-state index in [1.165, 1.54) is 0 Å². The zero-order chi connectivity index (χ0) is 9.72. The molecule has 0 aromatic heterocycles. The van der Waals surface area contributed by atoms with Crippen LogP contribution in [-0.4, -0.2) is 18.0 Å². The first-order valence-electron chi connectivity index (χ1n) is 4.34. The fourth-order valence-electron chi connectivity index (χ4n) is 1.27. The van der Waals surface area contributed by atoms with Crippen molar-refractivity contribution in [3.05, 3.63) is 11.8 Å². The van der Waals surface area contributed by atoms with Crippen LogP contribution in [0.25, 0.3) is 0 Å². The van der Waals surface area contributed by atoms with Gasteiger partial charge in [-0.2, -0.15) is 8.78 Å². The highest BCUT2D eigenvalue weighted by Crippen LogP contribution is 2.20. The van der Waals surface area contributed by atoms with Gasteiger partial charge >= 0.3 is 0 Å². The van der Waals surface area contributed by atoms with Crippen molar-refractivity contribution in [2.45, 2.75) is 27.7 Å². The van der Waals surface area contributed by atoms with Crippen LogP contribution in [0.4, 0.5) is 8.78 Å². The zero-order valence-corrected chi connectivity index (χ0v) is 8.19. The Kier molecular flexibility index (Phi) is 4.86. The van der Waals surface area contributed by atoms with Crippen LogP contribution in [0.3, 0.4) is 0 Å². The second kappa shape index (κ2) is 5.12. The summed E-state index contributed by atoms with van der Waals surface area (Å²) in [5, 5.41) is 0. The van der Waals surface area contributed by atoms with E-state index in [9.17, 15) is 8.78 Å². The van der Waals surface area contributed by atoms with Gasteiger partial charge in [-0.25, -0.2) is 0 Å². The number of allylic oxidation sites excluding steroid dienone is 1. The van der Waals surface area contributed by atoms with Crippen molar-refractivity contribution in [2.24, 2.45) is 5.92 Å². The summed E-state index contributed by atoms with van der Waals surface area (Å²) >= 11 is 0. The Balaban J connectivity index is 4.62. The average Bonchev–Trinajstić information content (AvgIpc) is 1.98. The average molecular weight is 177 g/mol. The Morgan fingerprint density at radius 1 is 1.17 bits per heavy atom. The molecule has 0 fully saturated rings. The Labute approximate surface area is 73.1 Å². The lowest BCUT2D eigenvalue weighted by molar-refractivity contribution is 0.288. The van der Waals surface area contributed by atoms with Crippen molar-refractivity contribution in [3.8, 4) is 0 Å². The lowest BCUT2D eigenvalue weighted by Crippen LogP contribution is -2.25. The van der Waals surface area contributed by atoms with Gasteiger partial charge in [0.15, 0.2) is 0 Å². The first-order chi connectivity index (χ1) is 5.54. The summed E-state index contributed by atoms with van der Waals surface area (Å²) in [6.45, 7) is 8.62. The van der Waals surface area contributed by atoms with Crippen molar-refractivity contribution < 1.29 is 8.78 Å². The highest BCUT2D eigenvalue weighted by Gasteiger charge is 2.15. The number of hydrogen-bond acceptors (Lipinski definition) is 1. The largest absolute Gasteiger partial charge is 0.371 e. The Bertz CT molecular complexity index is 156. The zero-order valence-electron chi connectivity index (χ0n) is 8.19. The van der Waals surface area contributed by atoms with Gasteiger partial charge in [0.25, 0.3) is 6.08 Å². The van der Waals surface area contributed by atoms with Crippen molar-refractivity contribution in [2.75, 3.05) is 13.1 Å². The fourth-order valence-corrected chi connectivity index (χ4v) is 1.27. The third-order valence-electron chi connectivity index (χ3n) is 1.84. The molecule has 0 rings (SSSR count). The number of nitrogens with zero attached hydrogens (tertiary/aromatic N) is 1. The third-order valence-corrected chi connectivity index (χ3v) is 1.84. The quantitative estimate of drug-likeness (QED) is 0.637. The summed E-state index contributed by atoms with van der Waals surface area (Å²) < 4.78 is 24.8. The monoisotopic (exact) mass is 177 g/mol. The SMILES string of the molecule is CCN(CC)C(=C(F)F)C(C)C. The highest BCUT2D eigenvalue weighted by atomic mass is 19.3. The molecule has 0 aromatic rings. The van der Waals surface area contributed by atoms with Crippen molar-refractivity contribution >= 4 is 0 Å². The lowest BCUT2D eigenvalue weighted by atomic mass is 10.1. The molecule has 3 heteroatoms. The van der Waals surface area contributed by atoms with Crippen LogP contribution in [0.5, 0.6) is 0 Å². The molecule has 1 nitrogen and oxygen atoms in total. The normalized spacial score (nSPS) is 10.2. The maximum atomic E-state index is 12.4.